The fourth-order valence-electron chi connectivity index (χ4n) is 4.99. The minimum Gasteiger partial charge on any atom is -0.454 e. The third-order valence-corrected chi connectivity index (χ3v) is 6.23. The number of carbonyl (C=O) groups excluding carboxylic acids is 1. The van der Waals surface area contributed by atoms with E-state index in [1.807, 2.05) is 29.2 Å². The summed E-state index contributed by atoms with van der Waals surface area (Å²) in [4.78, 5) is 17.2. The highest BCUT2D eigenvalue weighted by Gasteiger charge is 2.47. The van der Waals surface area contributed by atoms with Gasteiger partial charge in [0.25, 0.3) is 0 Å². The van der Waals surface area contributed by atoms with Gasteiger partial charge < -0.3 is 14.4 Å². The number of ether oxygens (including phenoxy) is 2. The van der Waals surface area contributed by atoms with Gasteiger partial charge in [0.2, 0.25) is 12.7 Å². The predicted molar refractivity (Wildman–Crippen MR) is 109 cm³/mol. The molecule has 2 fully saturated rings. The van der Waals surface area contributed by atoms with Crippen LogP contribution in [-0.4, -0.2) is 49.2 Å². The molecule has 0 saturated carbocycles. The molecule has 0 aromatic heterocycles. The maximum Gasteiger partial charge on any atom is 0.231 e. The first-order chi connectivity index (χ1) is 13.6. The van der Waals surface area contributed by atoms with Crippen LogP contribution in [0.3, 0.4) is 0 Å². The average Bonchev–Trinajstić information content (AvgIpc) is 3.35. The van der Waals surface area contributed by atoms with Crippen molar-refractivity contribution < 1.29 is 18.7 Å². The summed E-state index contributed by atoms with van der Waals surface area (Å²) < 4.78 is 24.5. The van der Waals surface area contributed by atoms with Gasteiger partial charge in [-0.1, -0.05) is 18.2 Å². The van der Waals surface area contributed by atoms with Gasteiger partial charge in [-0.05, 0) is 48.4 Å². The van der Waals surface area contributed by atoms with Crippen LogP contribution < -0.4 is 9.47 Å². The highest BCUT2D eigenvalue weighted by molar-refractivity contribution is 5.85. The van der Waals surface area contributed by atoms with Gasteiger partial charge in [-0.15, -0.1) is 12.4 Å². The largest absolute Gasteiger partial charge is 0.454 e. The molecule has 0 spiro atoms. The molecular weight excluding hydrogens is 395 g/mol. The lowest BCUT2D eigenvalue weighted by atomic mass is 9.89. The Hall–Kier alpha value is -2.31. The Kier molecular flexibility index (Phi) is 5.40. The van der Waals surface area contributed by atoms with Crippen molar-refractivity contribution in [3.05, 3.63) is 59.4 Å². The lowest BCUT2D eigenvalue weighted by Crippen LogP contribution is -2.34. The quantitative estimate of drug-likeness (QED) is 0.767. The van der Waals surface area contributed by atoms with Gasteiger partial charge in [0.1, 0.15) is 5.82 Å². The first-order valence-corrected chi connectivity index (χ1v) is 9.70. The van der Waals surface area contributed by atoms with Gasteiger partial charge in [-0.25, -0.2) is 4.39 Å². The van der Waals surface area contributed by atoms with Gasteiger partial charge >= 0.3 is 0 Å². The zero-order valence-electron chi connectivity index (χ0n) is 16.2. The SMILES string of the molecule is CN1C[C@H]2CN(C(=O)Cc3ccc4c(c3)OCO4)C[C@H]2[C@@H]1c1cccc(F)c1.Cl. The van der Waals surface area contributed by atoms with Crippen molar-refractivity contribution in [1.82, 2.24) is 9.80 Å². The Morgan fingerprint density at radius 1 is 1.10 bits per heavy atom. The summed E-state index contributed by atoms with van der Waals surface area (Å²) in [5.41, 5.74) is 1.94. The van der Waals surface area contributed by atoms with E-state index < -0.39 is 0 Å². The number of fused-ring (bicyclic) bond motifs is 2. The molecule has 2 aromatic rings. The van der Waals surface area contributed by atoms with Crippen molar-refractivity contribution in [1.29, 1.82) is 0 Å². The van der Waals surface area contributed by atoms with Gasteiger partial charge in [-0.2, -0.15) is 0 Å². The number of likely N-dealkylation sites (tertiary alicyclic amines) is 2. The van der Waals surface area contributed by atoms with E-state index in [2.05, 4.69) is 11.9 Å². The molecule has 2 aromatic carbocycles. The molecular formula is C22H24ClFN2O3. The second kappa shape index (κ2) is 7.84. The van der Waals surface area contributed by atoms with E-state index in [1.54, 1.807) is 12.1 Å². The molecule has 154 valence electrons. The van der Waals surface area contributed by atoms with E-state index in [0.29, 0.717) is 24.0 Å². The van der Waals surface area contributed by atoms with Crippen molar-refractivity contribution in [3.63, 3.8) is 0 Å². The molecule has 0 aliphatic carbocycles. The van der Waals surface area contributed by atoms with Gasteiger partial charge in [0.15, 0.2) is 11.5 Å². The Bertz CT molecular complexity index is 925. The van der Waals surface area contributed by atoms with Crippen LogP contribution in [0.15, 0.2) is 42.5 Å². The highest BCUT2D eigenvalue weighted by atomic mass is 35.5. The number of halogens is 2. The Morgan fingerprint density at radius 3 is 2.76 bits per heavy atom. The second-order valence-electron chi connectivity index (χ2n) is 8.03. The maximum atomic E-state index is 13.7. The molecule has 3 aliphatic heterocycles. The smallest absolute Gasteiger partial charge is 0.231 e. The van der Waals surface area contributed by atoms with E-state index in [4.69, 9.17) is 9.47 Å². The normalized spacial score (nSPS) is 25.0. The van der Waals surface area contributed by atoms with Gasteiger partial charge in [0.05, 0.1) is 6.42 Å². The topological polar surface area (TPSA) is 42.0 Å². The molecule has 5 nitrogen and oxygen atoms in total. The first kappa shape index (κ1) is 20.0. The second-order valence-corrected chi connectivity index (χ2v) is 8.03. The number of carbonyl (C=O) groups is 1. The third kappa shape index (κ3) is 3.67. The molecule has 3 heterocycles. The van der Waals surface area contributed by atoms with Gasteiger partial charge in [-0.3, -0.25) is 9.69 Å². The van der Waals surface area contributed by atoms with E-state index in [-0.39, 0.29) is 37.0 Å². The van der Waals surface area contributed by atoms with E-state index in [1.165, 1.54) is 6.07 Å². The number of rotatable bonds is 3. The molecule has 0 bridgehead atoms. The summed E-state index contributed by atoms with van der Waals surface area (Å²) in [5.74, 6) is 2.13. The molecule has 3 aliphatic rings. The lowest BCUT2D eigenvalue weighted by molar-refractivity contribution is -0.129. The number of hydrogen-bond acceptors (Lipinski definition) is 4. The Morgan fingerprint density at radius 2 is 1.93 bits per heavy atom. The summed E-state index contributed by atoms with van der Waals surface area (Å²) >= 11 is 0. The minimum absolute atomic E-state index is 0. The van der Waals surface area contributed by atoms with Crippen molar-refractivity contribution in [3.8, 4) is 11.5 Å². The van der Waals surface area contributed by atoms with E-state index >= 15 is 0 Å². The molecule has 29 heavy (non-hydrogen) atoms. The summed E-state index contributed by atoms with van der Waals surface area (Å²) in [6, 6.07) is 12.7. The molecule has 7 heteroatoms. The number of amides is 1. The highest BCUT2D eigenvalue weighted by Crippen LogP contribution is 2.44. The van der Waals surface area contributed by atoms with Crippen LogP contribution in [0.2, 0.25) is 0 Å². The van der Waals surface area contributed by atoms with Crippen LogP contribution in [0, 0.1) is 17.7 Å². The number of hydrogen-bond donors (Lipinski definition) is 0. The number of benzene rings is 2. The molecule has 0 radical (unpaired) electrons. The average molecular weight is 419 g/mol. The molecule has 0 unspecified atom stereocenters. The summed E-state index contributed by atoms with van der Waals surface area (Å²) in [6.45, 7) is 2.65. The monoisotopic (exact) mass is 418 g/mol. The van der Waals surface area contributed by atoms with E-state index in [0.717, 1.165) is 36.5 Å². The standard InChI is InChI=1S/C22H23FN2O3.ClH/c1-24-10-16-11-25(12-18(16)22(24)15-3-2-4-17(23)9-15)21(26)8-14-5-6-19-20(7-14)28-13-27-19;/h2-7,9,16,18,22H,8,10-13H2,1H3;1H/t16-,18+,22-;/m0./s1. The Balaban J connectivity index is 0.00000205. The van der Waals surface area contributed by atoms with Crippen molar-refractivity contribution >= 4 is 18.3 Å². The molecule has 2 saturated heterocycles. The first-order valence-electron chi connectivity index (χ1n) is 9.70. The van der Waals surface area contributed by atoms with Crippen LogP contribution in [0.1, 0.15) is 17.2 Å². The van der Waals surface area contributed by atoms with Crippen molar-refractivity contribution in [2.45, 2.75) is 12.5 Å². The summed E-state index contributed by atoms with van der Waals surface area (Å²) in [5, 5.41) is 0. The fourth-order valence-corrected chi connectivity index (χ4v) is 4.99. The van der Waals surface area contributed by atoms with Crippen molar-refractivity contribution in [2.24, 2.45) is 11.8 Å². The van der Waals surface area contributed by atoms with Crippen molar-refractivity contribution in [2.75, 3.05) is 33.5 Å². The summed E-state index contributed by atoms with van der Waals surface area (Å²) in [7, 11) is 2.09. The molecule has 0 N–H and O–H groups in total. The zero-order chi connectivity index (χ0) is 19.3. The van der Waals surface area contributed by atoms with E-state index in [9.17, 15) is 9.18 Å². The minimum atomic E-state index is -0.205. The van der Waals surface area contributed by atoms with Crippen LogP contribution in [0.25, 0.3) is 0 Å². The van der Waals surface area contributed by atoms with Crippen LogP contribution in [-0.2, 0) is 11.2 Å². The predicted octanol–water partition coefficient (Wildman–Crippen LogP) is 3.28. The Labute approximate surface area is 175 Å². The molecule has 3 atom stereocenters. The summed E-state index contributed by atoms with van der Waals surface area (Å²) in [6.07, 6.45) is 0.358. The fraction of sp³-hybridized carbons (Fsp3) is 0.409. The molecule has 5 rings (SSSR count). The lowest BCUT2D eigenvalue weighted by Gasteiger charge is -2.27. The van der Waals surface area contributed by atoms with Crippen LogP contribution in [0.5, 0.6) is 11.5 Å². The van der Waals surface area contributed by atoms with Crippen LogP contribution >= 0.6 is 12.4 Å². The zero-order valence-corrected chi connectivity index (χ0v) is 17.0. The maximum absolute atomic E-state index is 13.7. The van der Waals surface area contributed by atoms with Crippen LogP contribution in [0.4, 0.5) is 4.39 Å². The number of nitrogens with zero attached hydrogens (tertiary/aromatic N) is 2. The molecule has 1 amide bonds. The third-order valence-electron chi connectivity index (χ3n) is 6.23. The van der Waals surface area contributed by atoms with Gasteiger partial charge in [0, 0.05) is 31.6 Å².